The predicted molar refractivity (Wildman–Crippen MR) is 58.2 cm³/mol. The number of amides is 2. The molecule has 1 aliphatic heterocycles. The summed E-state index contributed by atoms with van der Waals surface area (Å²) in [6.45, 7) is 3.65. The van der Waals surface area contributed by atoms with Crippen molar-refractivity contribution in [1.29, 1.82) is 0 Å². The van der Waals surface area contributed by atoms with Gasteiger partial charge in [0.15, 0.2) is 0 Å². The Labute approximate surface area is 96.6 Å². The number of carbonyl (C=O) groups excluding carboxylic acids is 2. The van der Waals surface area contributed by atoms with Gasteiger partial charge in [0.1, 0.15) is 10.7 Å². The Bertz CT molecular complexity index is 424. The van der Waals surface area contributed by atoms with Gasteiger partial charge >= 0.3 is 0 Å². The lowest BCUT2D eigenvalue weighted by atomic mass is 10.00. The molecule has 1 aliphatic rings. The van der Waals surface area contributed by atoms with Crippen LogP contribution >= 0.6 is 11.5 Å². The first-order valence-corrected chi connectivity index (χ1v) is 5.71. The van der Waals surface area contributed by atoms with Gasteiger partial charge in [-0.2, -0.15) is 0 Å². The molecule has 2 amide bonds. The van der Waals surface area contributed by atoms with Crippen molar-refractivity contribution >= 4 is 28.3 Å². The summed E-state index contributed by atoms with van der Waals surface area (Å²) < 4.78 is 3.67. The Morgan fingerprint density at radius 1 is 1.31 bits per heavy atom. The van der Waals surface area contributed by atoms with E-state index in [9.17, 15) is 9.59 Å². The van der Waals surface area contributed by atoms with Crippen molar-refractivity contribution < 1.29 is 9.59 Å². The molecule has 2 rings (SSSR count). The maximum absolute atomic E-state index is 11.8. The number of nitrogens with zero attached hydrogens (tertiary/aromatic N) is 3. The van der Waals surface area contributed by atoms with Crippen LogP contribution in [0.1, 0.15) is 19.5 Å². The Kier molecular flexibility index (Phi) is 2.63. The second kappa shape index (κ2) is 3.82. The maximum atomic E-state index is 11.8. The molecule has 1 aromatic rings. The fraction of sp³-hybridized carbons (Fsp3) is 0.556. The molecule has 0 spiro atoms. The minimum absolute atomic E-state index is 0.134. The highest BCUT2D eigenvalue weighted by Crippen LogP contribution is 2.27. The van der Waals surface area contributed by atoms with Crippen molar-refractivity contribution in [3.05, 3.63) is 5.69 Å². The second-order valence-corrected chi connectivity index (χ2v) is 4.71. The van der Waals surface area contributed by atoms with Gasteiger partial charge in [-0.15, -0.1) is 5.10 Å². The Morgan fingerprint density at radius 2 is 1.88 bits per heavy atom. The third-order valence-electron chi connectivity index (χ3n) is 2.95. The number of aromatic nitrogens is 2. The quantitative estimate of drug-likeness (QED) is 0.749. The van der Waals surface area contributed by atoms with Crippen molar-refractivity contribution in [3.63, 3.8) is 0 Å². The minimum atomic E-state index is -0.264. The first kappa shape index (κ1) is 11.0. The predicted octanol–water partition coefficient (Wildman–Crippen LogP) is 0.261. The summed E-state index contributed by atoms with van der Waals surface area (Å²) in [5.41, 5.74) is 6.12. The van der Waals surface area contributed by atoms with Crippen LogP contribution in [0.25, 0.3) is 0 Å². The number of rotatable bonds is 2. The van der Waals surface area contributed by atoms with E-state index in [-0.39, 0.29) is 30.2 Å². The van der Waals surface area contributed by atoms with Crippen molar-refractivity contribution in [2.75, 3.05) is 5.73 Å². The molecule has 2 atom stereocenters. The standard InChI is InChI=1S/C9H12N4O2S/c1-4-5(2)9(15)13(8(4)14)3-6-7(10)16-12-11-6/h4-5H,3,10H2,1-2H3. The Morgan fingerprint density at radius 3 is 2.31 bits per heavy atom. The molecule has 1 fully saturated rings. The lowest BCUT2D eigenvalue weighted by Crippen LogP contribution is -2.30. The first-order valence-electron chi connectivity index (χ1n) is 4.94. The third kappa shape index (κ3) is 1.57. The van der Waals surface area contributed by atoms with E-state index < -0.39 is 0 Å². The third-order valence-corrected chi connectivity index (χ3v) is 3.55. The highest BCUT2D eigenvalue weighted by atomic mass is 32.1. The van der Waals surface area contributed by atoms with Crippen LogP contribution in [-0.4, -0.2) is 26.3 Å². The van der Waals surface area contributed by atoms with Crippen molar-refractivity contribution in [3.8, 4) is 0 Å². The molecule has 2 unspecified atom stereocenters. The van der Waals surface area contributed by atoms with Crippen LogP contribution in [0, 0.1) is 11.8 Å². The highest BCUT2D eigenvalue weighted by molar-refractivity contribution is 7.09. The molecular weight excluding hydrogens is 228 g/mol. The van der Waals surface area contributed by atoms with E-state index in [0.717, 1.165) is 11.5 Å². The van der Waals surface area contributed by atoms with Crippen LogP contribution in [0.3, 0.4) is 0 Å². The SMILES string of the molecule is CC1C(=O)N(Cc2nnsc2N)C(=O)C1C. The average Bonchev–Trinajstić information content (AvgIpc) is 2.73. The summed E-state index contributed by atoms with van der Waals surface area (Å²) in [5, 5.41) is 4.25. The van der Waals surface area contributed by atoms with E-state index >= 15 is 0 Å². The lowest BCUT2D eigenvalue weighted by Gasteiger charge is -2.12. The van der Waals surface area contributed by atoms with Crippen LogP contribution in [-0.2, 0) is 16.1 Å². The van der Waals surface area contributed by atoms with Crippen LogP contribution in [0.5, 0.6) is 0 Å². The van der Waals surface area contributed by atoms with Gasteiger partial charge in [-0.3, -0.25) is 14.5 Å². The number of imide groups is 1. The number of nitrogen functional groups attached to an aromatic ring is 1. The molecular formula is C9H12N4O2S. The Hall–Kier alpha value is -1.50. The number of likely N-dealkylation sites (tertiary alicyclic amines) is 1. The molecule has 0 bridgehead atoms. The summed E-state index contributed by atoms with van der Waals surface area (Å²) >= 11 is 1.06. The van der Waals surface area contributed by atoms with Crippen LogP contribution < -0.4 is 5.73 Å². The number of hydrogen-bond acceptors (Lipinski definition) is 6. The van der Waals surface area contributed by atoms with Gasteiger partial charge in [0.25, 0.3) is 0 Å². The highest BCUT2D eigenvalue weighted by Gasteiger charge is 2.42. The van der Waals surface area contributed by atoms with Crippen LogP contribution in [0.15, 0.2) is 0 Å². The largest absolute Gasteiger partial charge is 0.388 e. The fourth-order valence-corrected chi connectivity index (χ4v) is 2.10. The first-order chi connectivity index (χ1) is 7.52. The van der Waals surface area contributed by atoms with E-state index in [1.165, 1.54) is 4.90 Å². The maximum Gasteiger partial charge on any atom is 0.233 e. The molecule has 7 heteroatoms. The number of anilines is 1. The van der Waals surface area contributed by atoms with Crippen molar-refractivity contribution in [2.45, 2.75) is 20.4 Å². The second-order valence-electron chi connectivity index (χ2n) is 3.92. The van der Waals surface area contributed by atoms with Gasteiger partial charge in [0.05, 0.1) is 6.54 Å². The summed E-state index contributed by atoms with van der Waals surface area (Å²) in [4.78, 5) is 24.8. The molecule has 6 nitrogen and oxygen atoms in total. The molecule has 2 N–H and O–H groups in total. The number of carbonyl (C=O) groups is 2. The average molecular weight is 240 g/mol. The van der Waals surface area contributed by atoms with Gasteiger partial charge in [-0.05, 0) is 0 Å². The molecule has 1 aromatic heterocycles. The zero-order valence-electron chi connectivity index (χ0n) is 9.01. The molecule has 0 aliphatic carbocycles. The molecule has 0 saturated carbocycles. The zero-order valence-corrected chi connectivity index (χ0v) is 9.82. The van der Waals surface area contributed by atoms with Gasteiger partial charge in [-0.25, -0.2) is 0 Å². The van der Waals surface area contributed by atoms with Crippen molar-refractivity contribution in [1.82, 2.24) is 14.5 Å². The summed E-state index contributed by atoms with van der Waals surface area (Å²) in [6.07, 6.45) is 0. The fourth-order valence-electron chi connectivity index (χ4n) is 1.66. The molecule has 2 heterocycles. The topological polar surface area (TPSA) is 89.2 Å². The molecule has 86 valence electrons. The monoisotopic (exact) mass is 240 g/mol. The zero-order chi connectivity index (χ0) is 11.9. The molecule has 0 radical (unpaired) electrons. The lowest BCUT2D eigenvalue weighted by molar-refractivity contribution is -0.140. The number of nitrogens with two attached hydrogens (primary N) is 1. The van der Waals surface area contributed by atoms with Gasteiger partial charge in [0, 0.05) is 23.4 Å². The molecule has 16 heavy (non-hydrogen) atoms. The smallest absolute Gasteiger partial charge is 0.233 e. The van der Waals surface area contributed by atoms with Crippen LogP contribution in [0.4, 0.5) is 5.00 Å². The van der Waals surface area contributed by atoms with E-state index in [2.05, 4.69) is 9.59 Å². The van der Waals surface area contributed by atoms with Gasteiger partial charge in [-0.1, -0.05) is 18.3 Å². The van der Waals surface area contributed by atoms with Gasteiger partial charge in [0.2, 0.25) is 11.8 Å². The molecule has 0 aromatic carbocycles. The molecule has 1 saturated heterocycles. The van der Waals surface area contributed by atoms with Crippen molar-refractivity contribution in [2.24, 2.45) is 11.8 Å². The summed E-state index contributed by atoms with van der Waals surface area (Å²) in [5.74, 6) is -0.851. The van der Waals surface area contributed by atoms with Crippen LogP contribution in [0.2, 0.25) is 0 Å². The normalized spacial score (nSPS) is 25.5. The summed E-state index contributed by atoms with van der Waals surface area (Å²) in [7, 11) is 0. The summed E-state index contributed by atoms with van der Waals surface area (Å²) in [6, 6.07) is 0. The van der Waals surface area contributed by atoms with E-state index in [1.54, 1.807) is 13.8 Å². The van der Waals surface area contributed by atoms with E-state index in [4.69, 9.17) is 5.73 Å². The number of hydrogen-bond donors (Lipinski definition) is 1. The minimum Gasteiger partial charge on any atom is -0.388 e. The van der Waals surface area contributed by atoms with E-state index in [1.807, 2.05) is 0 Å². The Balaban J connectivity index is 2.20. The van der Waals surface area contributed by atoms with E-state index in [0.29, 0.717) is 10.7 Å². The van der Waals surface area contributed by atoms with Gasteiger partial charge < -0.3 is 5.73 Å².